The van der Waals surface area contributed by atoms with Gasteiger partial charge < -0.3 is 10.1 Å². The number of carbonyl (C=O) groups excluding carboxylic acids is 1. The third-order valence-corrected chi connectivity index (χ3v) is 3.80. The van der Waals surface area contributed by atoms with E-state index < -0.39 is 0 Å². The third-order valence-electron chi connectivity index (χ3n) is 2.83. The number of carbonyl (C=O) groups is 1. The van der Waals surface area contributed by atoms with Gasteiger partial charge in [0.05, 0.1) is 12.7 Å². The van der Waals surface area contributed by atoms with Gasteiger partial charge in [-0.2, -0.15) is 0 Å². The Morgan fingerprint density at radius 1 is 1.30 bits per heavy atom. The van der Waals surface area contributed by atoms with Crippen molar-refractivity contribution < 1.29 is 9.53 Å². The van der Waals surface area contributed by atoms with E-state index in [0.29, 0.717) is 12.1 Å². The zero-order valence-electron chi connectivity index (χ0n) is 10.9. The van der Waals surface area contributed by atoms with Crippen LogP contribution in [0.2, 0.25) is 0 Å². The minimum Gasteiger partial charge on any atom is -0.496 e. The van der Waals surface area contributed by atoms with Crippen LogP contribution in [0.4, 0.5) is 0 Å². The van der Waals surface area contributed by atoms with E-state index in [4.69, 9.17) is 4.74 Å². The van der Waals surface area contributed by atoms with Gasteiger partial charge in [-0.15, -0.1) is 12.6 Å². The molecular weight excluding hydrogens is 338 g/mol. The molecular formula is C15H14BrNO2S. The molecule has 0 saturated carbocycles. The van der Waals surface area contributed by atoms with Gasteiger partial charge in [0.15, 0.2) is 0 Å². The molecule has 5 heteroatoms. The first-order valence-electron chi connectivity index (χ1n) is 6.00. The number of para-hydroxylation sites is 1. The van der Waals surface area contributed by atoms with E-state index >= 15 is 0 Å². The zero-order valence-corrected chi connectivity index (χ0v) is 13.4. The van der Waals surface area contributed by atoms with Gasteiger partial charge in [-0.3, -0.25) is 4.79 Å². The van der Waals surface area contributed by atoms with Crippen molar-refractivity contribution in [3.05, 3.63) is 58.1 Å². The first kappa shape index (κ1) is 14.9. The molecule has 0 radical (unpaired) electrons. The Labute approximate surface area is 131 Å². The molecule has 0 heterocycles. The molecule has 0 aliphatic heterocycles. The Morgan fingerprint density at radius 2 is 2.05 bits per heavy atom. The normalized spacial score (nSPS) is 10.2. The maximum Gasteiger partial charge on any atom is 0.252 e. The van der Waals surface area contributed by atoms with Crippen molar-refractivity contribution in [2.45, 2.75) is 11.4 Å². The molecule has 2 aromatic rings. The predicted octanol–water partition coefficient (Wildman–Crippen LogP) is 3.68. The highest BCUT2D eigenvalue weighted by Gasteiger charge is 2.11. The van der Waals surface area contributed by atoms with Crippen molar-refractivity contribution in [1.82, 2.24) is 5.32 Å². The van der Waals surface area contributed by atoms with Gasteiger partial charge in [0.25, 0.3) is 5.91 Å². The molecule has 0 aromatic heterocycles. The Hall–Kier alpha value is -1.46. The molecule has 0 aliphatic rings. The average molecular weight is 352 g/mol. The van der Waals surface area contributed by atoms with E-state index in [-0.39, 0.29) is 5.91 Å². The lowest BCUT2D eigenvalue weighted by Crippen LogP contribution is -2.23. The molecule has 0 spiro atoms. The molecule has 2 rings (SSSR count). The van der Waals surface area contributed by atoms with Gasteiger partial charge in [-0.1, -0.05) is 18.2 Å². The van der Waals surface area contributed by atoms with E-state index in [1.54, 1.807) is 19.2 Å². The molecule has 0 saturated heterocycles. The van der Waals surface area contributed by atoms with Crippen LogP contribution in [0.3, 0.4) is 0 Å². The van der Waals surface area contributed by atoms with E-state index in [2.05, 4.69) is 33.9 Å². The van der Waals surface area contributed by atoms with Crippen LogP contribution in [0.15, 0.2) is 51.8 Å². The predicted molar refractivity (Wildman–Crippen MR) is 85.6 cm³/mol. The SMILES string of the molecule is COc1ccccc1CNC(=O)c1cc(S)ccc1Br. The van der Waals surface area contributed by atoms with Gasteiger partial charge in [0.1, 0.15) is 5.75 Å². The minimum atomic E-state index is -0.154. The minimum absolute atomic E-state index is 0.154. The molecule has 0 fully saturated rings. The molecule has 1 amide bonds. The summed E-state index contributed by atoms with van der Waals surface area (Å²) in [6, 6.07) is 12.9. The van der Waals surface area contributed by atoms with Crippen molar-refractivity contribution in [3.63, 3.8) is 0 Å². The Bertz CT molecular complexity index is 631. The number of methoxy groups -OCH3 is 1. The Kier molecular flexibility index (Phi) is 5.09. The molecule has 2 aromatic carbocycles. The van der Waals surface area contributed by atoms with Crippen molar-refractivity contribution in [2.24, 2.45) is 0 Å². The number of hydrogen-bond donors (Lipinski definition) is 2. The highest BCUT2D eigenvalue weighted by molar-refractivity contribution is 9.10. The quantitative estimate of drug-likeness (QED) is 0.824. The fourth-order valence-electron chi connectivity index (χ4n) is 1.81. The lowest BCUT2D eigenvalue weighted by atomic mass is 10.1. The molecule has 0 aliphatic carbocycles. The summed E-state index contributed by atoms with van der Waals surface area (Å²) in [5.74, 6) is 0.605. The number of rotatable bonds is 4. The van der Waals surface area contributed by atoms with Gasteiger partial charge in [0, 0.05) is 21.5 Å². The fraction of sp³-hybridized carbons (Fsp3) is 0.133. The monoisotopic (exact) mass is 351 g/mol. The first-order chi connectivity index (χ1) is 9.61. The van der Waals surface area contributed by atoms with Gasteiger partial charge in [-0.05, 0) is 40.2 Å². The number of nitrogens with one attached hydrogen (secondary N) is 1. The van der Waals surface area contributed by atoms with Gasteiger partial charge in [0.2, 0.25) is 0 Å². The van der Waals surface area contributed by atoms with Crippen LogP contribution in [0, 0.1) is 0 Å². The number of hydrogen-bond acceptors (Lipinski definition) is 3. The molecule has 104 valence electrons. The van der Waals surface area contributed by atoms with Crippen LogP contribution < -0.4 is 10.1 Å². The maximum absolute atomic E-state index is 12.2. The fourth-order valence-corrected chi connectivity index (χ4v) is 2.44. The highest BCUT2D eigenvalue weighted by Crippen LogP contribution is 2.21. The second-order valence-corrected chi connectivity index (χ2v) is 5.53. The van der Waals surface area contributed by atoms with Crippen molar-refractivity contribution in [2.75, 3.05) is 7.11 Å². The largest absolute Gasteiger partial charge is 0.496 e. The summed E-state index contributed by atoms with van der Waals surface area (Å²) < 4.78 is 6.00. The third kappa shape index (κ3) is 3.55. The smallest absolute Gasteiger partial charge is 0.252 e. The van der Waals surface area contributed by atoms with Crippen molar-refractivity contribution >= 4 is 34.5 Å². The van der Waals surface area contributed by atoms with E-state index in [1.165, 1.54) is 0 Å². The molecule has 0 atom stereocenters. The topological polar surface area (TPSA) is 38.3 Å². The average Bonchev–Trinajstić information content (AvgIpc) is 2.47. The number of benzene rings is 2. The molecule has 1 N–H and O–H groups in total. The van der Waals surface area contributed by atoms with Crippen LogP contribution in [0.5, 0.6) is 5.75 Å². The molecule has 20 heavy (non-hydrogen) atoms. The summed E-state index contributed by atoms with van der Waals surface area (Å²) in [4.78, 5) is 12.9. The molecule has 0 unspecified atom stereocenters. The zero-order chi connectivity index (χ0) is 14.5. The van der Waals surface area contributed by atoms with Crippen molar-refractivity contribution in [1.29, 1.82) is 0 Å². The molecule has 3 nitrogen and oxygen atoms in total. The van der Waals surface area contributed by atoms with Crippen LogP contribution in [0.1, 0.15) is 15.9 Å². The summed E-state index contributed by atoms with van der Waals surface area (Å²) in [5, 5.41) is 2.88. The summed E-state index contributed by atoms with van der Waals surface area (Å²) in [6.45, 7) is 0.409. The van der Waals surface area contributed by atoms with E-state index in [9.17, 15) is 4.79 Å². The first-order valence-corrected chi connectivity index (χ1v) is 7.24. The lowest BCUT2D eigenvalue weighted by molar-refractivity contribution is 0.0949. The van der Waals surface area contributed by atoms with E-state index in [0.717, 1.165) is 20.7 Å². The number of ether oxygens (including phenoxy) is 1. The standard InChI is InChI=1S/C15H14BrNO2S/c1-19-14-5-3-2-4-10(14)9-17-15(18)12-8-11(20)6-7-13(12)16/h2-8,20H,9H2,1H3,(H,17,18). The van der Waals surface area contributed by atoms with Crippen LogP contribution in [-0.2, 0) is 6.54 Å². The summed E-state index contributed by atoms with van der Waals surface area (Å²) in [5.41, 5.74) is 1.49. The second kappa shape index (κ2) is 6.81. The number of thiol groups is 1. The Balaban J connectivity index is 2.11. The number of amides is 1. The second-order valence-electron chi connectivity index (χ2n) is 4.16. The van der Waals surface area contributed by atoms with E-state index in [1.807, 2.05) is 30.3 Å². The van der Waals surface area contributed by atoms with Crippen LogP contribution >= 0.6 is 28.6 Å². The lowest BCUT2D eigenvalue weighted by Gasteiger charge is -2.10. The molecule has 0 bridgehead atoms. The highest BCUT2D eigenvalue weighted by atomic mass is 79.9. The van der Waals surface area contributed by atoms with Crippen molar-refractivity contribution in [3.8, 4) is 5.75 Å². The number of halogens is 1. The summed E-state index contributed by atoms with van der Waals surface area (Å²) >= 11 is 7.61. The van der Waals surface area contributed by atoms with Gasteiger partial charge >= 0.3 is 0 Å². The Morgan fingerprint density at radius 3 is 2.80 bits per heavy atom. The maximum atomic E-state index is 12.2. The van der Waals surface area contributed by atoms with Gasteiger partial charge in [-0.25, -0.2) is 0 Å². The van der Waals surface area contributed by atoms with Crippen LogP contribution in [0.25, 0.3) is 0 Å². The summed E-state index contributed by atoms with van der Waals surface area (Å²) in [7, 11) is 1.61. The summed E-state index contributed by atoms with van der Waals surface area (Å²) in [6.07, 6.45) is 0. The van der Waals surface area contributed by atoms with Crippen LogP contribution in [-0.4, -0.2) is 13.0 Å².